The highest BCUT2D eigenvalue weighted by Gasteiger charge is 2.04. The molecule has 0 aliphatic carbocycles. The van der Waals surface area contributed by atoms with E-state index < -0.39 is 5.97 Å². The largest absolute Gasteiger partial charge is 0.478 e. The Kier molecular flexibility index (Phi) is 2.44. The highest BCUT2D eigenvalue weighted by Crippen LogP contribution is 2.17. The molecule has 2 rings (SSSR count). The van der Waals surface area contributed by atoms with Gasteiger partial charge in [0.15, 0.2) is 0 Å². The Hall–Kier alpha value is -2.16. The van der Waals surface area contributed by atoms with Gasteiger partial charge in [0.1, 0.15) is 0 Å². The zero-order valence-electron chi connectivity index (χ0n) is 8.90. The summed E-state index contributed by atoms with van der Waals surface area (Å²) < 4.78 is 0. The van der Waals surface area contributed by atoms with Crippen LogP contribution < -0.4 is 0 Å². The normalized spacial score (nSPS) is 10.3. The molecular formula is C13H11NO2. The van der Waals surface area contributed by atoms with Gasteiger partial charge in [0.2, 0.25) is 0 Å². The zero-order chi connectivity index (χ0) is 11.7. The predicted molar refractivity (Wildman–Crippen MR) is 63.4 cm³/mol. The van der Waals surface area contributed by atoms with Crippen molar-refractivity contribution in [1.29, 1.82) is 0 Å². The first-order chi connectivity index (χ1) is 7.58. The van der Waals surface area contributed by atoms with E-state index in [2.05, 4.69) is 11.6 Å². The van der Waals surface area contributed by atoms with Crippen LogP contribution in [-0.2, 0) is 0 Å². The minimum Gasteiger partial charge on any atom is -0.478 e. The maximum Gasteiger partial charge on any atom is 0.335 e. The van der Waals surface area contributed by atoms with Gasteiger partial charge in [-0.15, -0.1) is 0 Å². The molecule has 16 heavy (non-hydrogen) atoms. The average molecular weight is 213 g/mol. The van der Waals surface area contributed by atoms with Crippen molar-refractivity contribution in [2.24, 2.45) is 0 Å². The number of nitrogens with zero attached hydrogens (tertiary/aromatic N) is 1. The number of aromatic carboxylic acids is 1. The smallest absolute Gasteiger partial charge is 0.335 e. The molecule has 1 aromatic heterocycles. The van der Waals surface area contributed by atoms with Gasteiger partial charge in [-0.1, -0.05) is 12.6 Å². The molecular weight excluding hydrogens is 202 g/mol. The molecule has 0 bridgehead atoms. The number of rotatable bonds is 2. The summed E-state index contributed by atoms with van der Waals surface area (Å²) >= 11 is 0. The van der Waals surface area contributed by atoms with Gasteiger partial charge in [0, 0.05) is 5.39 Å². The van der Waals surface area contributed by atoms with E-state index >= 15 is 0 Å². The fourth-order valence-electron chi connectivity index (χ4n) is 1.50. The number of carboxylic acid groups (broad SMARTS) is 1. The topological polar surface area (TPSA) is 50.2 Å². The molecule has 3 heteroatoms. The molecule has 1 heterocycles. The van der Waals surface area contributed by atoms with E-state index in [1.807, 2.05) is 19.1 Å². The Balaban J connectivity index is 2.61. The van der Waals surface area contributed by atoms with Gasteiger partial charge in [-0.05, 0) is 36.8 Å². The summed E-state index contributed by atoms with van der Waals surface area (Å²) in [5, 5.41) is 9.68. The van der Waals surface area contributed by atoms with Gasteiger partial charge in [0.05, 0.1) is 16.8 Å². The van der Waals surface area contributed by atoms with Crippen LogP contribution in [0.2, 0.25) is 0 Å². The molecule has 0 radical (unpaired) electrons. The van der Waals surface area contributed by atoms with Crippen molar-refractivity contribution in [3.8, 4) is 0 Å². The van der Waals surface area contributed by atoms with Crippen LogP contribution in [0.1, 0.15) is 23.0 Å². The SMILES string of the molecule is C=C(C)c1ccc2cc(C(=O)O)ccc2n1. The molecule has 3 nitrogen and oxygen atoms in total. The molecule has 0 aliphatic rings. The van der Waals surface area contributed by atoms with Crippen LogP contribution >= 0.6 is 0 Å². The second-order valence-corrected chi connectivity index (χ2v) is 3.69. The maximum atomic E-state index is 10.8. The van der Waals surface area contributed by atoms with Crippen LogP contribution in [0, 0.1) is 0 Å². The van der Waals surface area contributed by atoms with E-state index in [1.165, 1.54) is 0 Å². The Morgan fingerprint density at radius 1 is 1.31 bits per heavy atom. The molecule has 1 N–H and O–H groups in total. The van der Waals surface area contributed by atoms with Crippen LogP contribution in [0.4, 0.5) is 0 Å². The number of carbonyl (C=O) groups is 1. The summed E-state index contributed by atoms with van der Waals surface area (Å²) in [4.78, 5) is 15.2. The second kappa shape index (κ2) is 3.77. The van der Waals surface area contributed by atoms with E-state index in [4.69, 9.17) is 5.11 Å². The summed E-state index contributed by atoms with van der Waals surface area (Å²) in [7, 11) is 0. The number of hydrogen-bond acceptors (Lipinski definition) is 2. The third kappa shape index (κ3) is 1.80. The fourth-order valence-corrected chi connectivity index (χ4v) is 1.50. The third-order valence-corrected chi connectivity index (χ3v) is 2.37. The van der Waals surface area contributed by atoms with Crippen LogP contribution in [0.15, 0.2) is 36.9 Å². The Morgan fingerprint density at radius 2 is 2.06 bits per heavy atom. The molecule has 0 aliphatic heterocycles. The summed E-state index contributed by atoms with van der Waals surface area (Å²) in [5.74, 6) is -0.925. The lowest BCUT2D eigenvalue weighted by molar-refractivity contribution is 0.0697. The van der Waals surface area contributed by atoms with Crippen LogP contribution in [0.5, 0.6) is 0 Å². The fraction of sp³-hybridized carbons (Fsp3) is 0.0769. The molecule has 0 atom stereocenters. The average Bonchev–Trinajstić information content (AvgIpc) is 2.27. The van der Waals surface area contributed by atoms with Crippen LogP contribution in [0.25, 0.3) is 16.5 Å². The number of pyridine rings is 1. The lowest BCUT2D eigenvalue weighted by atomic mass is 10.1. The quantitative estimate of drug-likeness (QED) is 0.834. The maximum absolute atomic E-state index is 10.8. The van der Waals surface area contributed by atoms with E-state index in [9.17, 15) is 4.79 Å². The van der Waals surface area contributed by atoms with Gasteiger partial charge < -0.3 is 5.11 Å². The number of carboxylic acids is 1. The number of benzene rings is 1. The first-order valence-corrected chi connectivity index (χ1v) is 4.88. The number of allylic oxidation sites excluding steroid dienone is 1. The van der Waals surface area contributed by atoms with E-state index in [-0.39, 0.29) is 5.56 Å². The van der Waals surface area contributed by atoms with Crippen molar-refractivity contribution in [2.75, 3.05) is 0 Å². The highest BCUT2D eigenvalue weighted by atomic mass is 16.4. The standard InChI is InChI=1S/C13H11NO2/c1-8(2)11-5-3-9-7-10(13(15)16)4-6-12(9)14-11/h3-7H,1H2,2H3,(H,15,16). The summed E-state index contributed by atoms with van der Waals surface area (Å²) in [5.41, 5.74) is 2.78. The van der Waals surface area contributed by atoms with Crippen molar-refractivity contribution >= 4 is 22.4 Å². The van der Waals surface area contributed by atoms with Crippen LogP contribution in [-0.4, -0.2) is 16.1 Å². The number of hydrogen-bond donors (Lipinski definition) is 1. The second-order valence-electron chi connectivity index (χ2n) is 3.69. The van der Waals surface area contributed by atoms with Crippen molar-refractivity contribution in [3.63, 3.8) is 0 Å². The molecule has 1 aromatic carbocycles. The van der Waals surface area contributed by atoms with E-state index in [0.29, 0.717) is 0 Å². The molecule has 0 spiro atoms. The lowest BCUT2D eigenvalue weighted by Gasteiger charge is -2.02. The number of fused-ring (bicyclic) bond motifs is 1. The Bertz CT molecular complexity index is 534. The number of aromatic nitrogens is 1. The molecule has 0 amide bonds. The Labute approximate surface area is 93.1 Å². The minimum atomic E-state index is -0.925. The minimum absolute atomic E-state index is 0.275. The monoisotopic (exact) mass is 213 g/mol. The first kappa shape index (κ1) is 10.4. The molecule has 0 saturated carbocycles. The van der Waals surface area contributed by atoms with Crippen LogP contribution in [0.3, 0.4) is 0 Å². The first-order valence-electron chi connectivity index (χ1n) is 4.88. The third-order valence-electron chi connectivity index (χ3n) is 2.37. The molecule has 80 valence electrons. The predicted octanol–water partition coefficient (Wildman–Crippen LogP) is 2.97. The molecule has 0 unspecified atom stereocenters. The van der Waals surface area contributed by atoms with Crippen molar-refractivity contribution < 1.29 is 9.90 Å². The highest BCUT2D eigenvalue weighted by molar-refractivity contribution is 5.93. The lowest BCUT2D eigenvalue weighted by Crippen LogP contribution is -1.96. The Morgan fingerprint density at radius 3 is 2.69 bits per heavy atom. The van der Waals surface area contributed by atoms with Gasteiger partial charge in [0.25, 0.3) is 0 Å². The van der Waals surface area contributed by atoms with Gasteiger partial charge in [-0.25, -0.2) is 9.78 Å². The van der Waals surface area contributed by atoms with Gasteiger partial charge in [-0.3, -0.25) is 0 Å². The van der Waals surface area contributed by atoms with E-state index in [1.54, 1.807) is 18.2 Å². The zero-order valence-corrected chi connectivity index (χ0v) is 8.90. The summed E-state index contributed by atoms with van der Waals surface area (Å²) in [6.45, 7) is 5.71. The molecule has 0 saturated heterocycles. The van der Waals surface area contributed by atoms with E-state index in [0.717, 1.165) is 22.2 Å². The summed E-state index contributed by atoms with van der Waals surface area (Å²) in [6.07, 6.45) is 0. The van der Waals surface area contributed by atoms with Crippen molar-refractivity contribution in [2.45, 2.75) is 6.92 Å². The van der Waals surface area contributed by atoms with Crippen molar-refractivity contribution in [3.05, 3.63) is 48.2 Å². The van der Waals surface area contributed by atoms with Gasteiger partial charge >= 0.3 is 5.97 Å². The van der Waals surface area contributed by atoms with Gasteiger partial charge in [-0.2, -0.15) is 0 Å². The molecule has 2 aromatic rings. The molecule has 0 fully saturated rings. The summed E-state index contributed by atoms with van der Waals surface area (Å²) in [6, 6.07) is 8.59. The van der Waals surface area contributed by atoms with Crippen molar-refractivity contribution in [1.82, 2.24) is 4.98 Å².